The van der Waals surface area contributed by atoms with E-state index in [0.29, 0.717) is 38.0 Å². The summed E-state index contributed by atoms with van der Waals surface area (Å²) in [6.45, 7) is 1.75. The van der Waals surface area contributed by atoms with Gasteiger partial charge in [-0.3, -0.25) is 9.59 Å². The van der Waals surface area contributed by atoms with Gasteiger partial charge in [-0.05, 0) is 36.5 Å². The normalized spacial score (nSPS) is 19.0. The van der Waals surface area contributed by atoms with Crippen LogP contribution in [0.5, 0.6) is 0 Å². The Balaban J connectivity index is 1.52. The summed E-state index contributed by atoms with van der Waals surface area (Å²) >= 11 is 0. The topological polar surface area (TPSA) is 75.2 Å². The van der Waals surface area contributed by atoms with Crippen molar-refractivity contribution >= 4 is 11.8 Å². The highest BCUT2D eigenvalue weighted by Gasteiger charge is 2.43. The number of fused-ring (bicyclic) bond motifs is 1. The Morgan fingerprint density at radius 1 is 1.08 bits per heavy atom. The van der Waals surface area contributed by atoms with E-state index in [4.69, 9.17) is 0 Å². The number of carbonyl (C=O) groups is 2. The molecule has 1 aromatic carbocycles. The Morgan fingerprint density at radius 2 is 1.84 bits per heavy atom. The number of amides is 2. The van der Waals surface area contributed by atoms with Crippen LogP contribution in [0.2, 0.25) is 0 Å². The van der Waals surface area contributed by atoms with Crippen LogP contribution >= 0.6 is 0 Å². The van der Waals surface area contributed by atoms with Crippen molar-refractivity contribution < 1.29 is 9.59 Å². The summed E-state index contributed by atoms with van der Waals surface area (Å²) in [5.74, 6) is 0.0700. The zero-order valence-corrected chi connectivity index (χ0v) is 13.9. The summed E-state index contributed by atoms with van der Waals surface area (Å²) in [6.07, 6.45) is 5.11. The molecule has 0 radical (unpaired) electrons. The number of rotatable bonds is 1. The molecule has 6 nitrogen and oxygen atoms in total. The van der Waals surface area contributed by atoms with Gasteiger partial charge in [0.1, 0.15) is 0 Å². The average Bonchev–Trinajstić information content (AvgIpc) is 2.80. The summed E-state index contributed by atoms with van der Waals surface area (Å²) in [4.78, 5) is 27.2. The summed E-state index contributed by atoms with van der Waals surface area (Å²) in [6, 6.07) is 9.89. The first kappa shape index (κ1) is 15.7. The van der Waals surface area contributed by atoms with Crippen LogP contribution in [0.15, 0.2) is 42.7 Å². The van der Waals surface area contributed by atoms with Crippen molar-refractivity contribution in [1.82, 2.24) is 20.4 Å². The molecule has 0 saturated carbocycles. The van der Waals surface area contributed by atoms with Crippen LogP contribution < -0.4 is 5.32 Å². The average molecular weight is 336 g/mol. The summed E-state index contributed by atoms with van der Waals surface area (Å²) < 4.78 is 0. The maximum atomic E-state index is 12.8. The minimum Gasteiger partial charge on any atom is -0.352 e. The van der Waals surface area contributed by atoms with Gasteiger partial charge in [-0.1, -0.05) is 24.3 Å². The highest BCUT2D eigenvalue weighted by molar-refractivity contribution is 5.94. The number of carbonyl (C=O) groups excluding carboxylic acids is 2. The van der Waals surface area contributed by atoms with Crippen molar-refractivity contribution in [3.05, 3.63) is 59.4 Å². The van der Waals surface area contributed by atoms with E-state index in [1.807, 2.05) is 17.0 Å². The van der Waals surface area contributed by atoms with Crippen LogP contribution in [-0.2, 0) is 17.8 Å². The Bertz CT molecular complexity index is 798. The molecule has 2 aliphatic heterocycles. The smallest absolute Gasteiger partial charge is 0.255 e. The van der Waals surface area contributed by atoms with Gasteiger partial charge in [0, 0.05) is 19.6 Å². The molecule has 128 valence electrons. The maximum absolute atomic E-state index is 12.8. The molecule has 1 spiro atoms. The number of benzene rings is 1. The number of nitrogens with one attached hydrogen (secondary N) is 1. The van der Waals surface area contributed by atoms with Gasteiger partial charge in [-0.2, -0.15) is 10.2 Å². The van der Waals surface area contributed by atoms with Crippen molar-refractivity contribution in [2.45, 2.75) is 25.8 Å². The number of aromatic nitrogens is 2. The zero-order valence-electron chi connectivity index (χ0n) is 13.9. The molecule has 2 amide bonds. The van der Waals surface area contributed by atoms with Crippen LogP contribution in [0.1, 0.15) is 34.3 Å². The third-order valence-corrected chi connectivity index (χ3v) is 5.41. The number of hydrogen-bond acceptors (Lipinski definition) is 4. The highest BCUT2D eigenvalue weighted by Crippen LogP contribution is 2.38. The summed E-state index contributed by atoms with van der Waals surface area (Å²) in [7, 11) is 0. The number of likely N-dealkylation sites (tertiary alicyclic amines) is 1. The minimum absolute atomic E-state index is 0.0424. The van der Waals surface area contributed by atoms with Crippen molar-refractivity contribution in [2.24, 2.45) is 5.41 Å². The van der Waals surface area contributed by atoms with Gasteiger partial charge in [-0.15, -0.1) is 0 Å². The molecule has 1 aromatic heterocycles. The quantitative estimate of drug-likeness (QED) is 0.858. The lowest BCUT2D eigenvalue weighted by Crippen LogP contribution is -2.50. The number of piperidine rings is 1. The molecular weight excluding hydrogens is 316 g/mol. The van der Waals surface area contributed by atoms with Crippen LogP contribution in [-0.4, -0.2) is 40.0 Å². The molecule has 2 aromatic rings. The van der Waals surface area contributed by atoms with Crippen molar-refractivity contribution in [2.75, 3.05) is 13.1 Å². The predicted octanol–water partition coefficient (Wildman–Crippen LogP) is 1.57. The predicted molar refractivity (Wildman–Crippen MR) is 91.6 cm³/mol. The minimum atomic E-state index is -0.417. The fraction of sp³-hybridized carbons (Fsp3) is 0.368. The molecule has 0 aliphatic carbocycles. The van der Waals surface area contributed by atoms with Crippen LogP contribution in [0.3, 0.4) is 0 Å². The highest BCUT2D eigenvalue weighted by atomic mass is 16.2. The number of hydrogen-bond donors (Lipinski definition) is 1. The Labute approximate surface area is 146 Å². The molecule has 1 saturated heterocycles. The van der Waals surface area contributed by atoms with Crippen LogP contribution in [0.25, 0.3) is 0 Å². The molecular formula is C19H20N4O2. The van der Waals surface area contributed by atoms with Gasteiger partial charge in [0.25, 0.3) is 5.91 Å². The van der Waals surface area contributed by atoms with E-state index in [1.54, 1.807) is 6.07 Å². The van der Waals surface area contributed by atoms with E-state index in [9.17, 15) is 9.59 Å². The van der Waals surface area contributed by atoms with Gasteiger partial charge < -0.3 is 10.2 Å². The van der Waals surface area contributed by atoms with Gasteiger partial charge in [0.15, 0.2) is 0 Å². The lowest BCUT2D eigenvalue weighted by atomic mass is 9.73. The van der Waals surface area contributed by atoms with Crippen LogP contribution in [0, 0.1) is 5.41 Å². The van der Waals surface area contributed by atoms with E-state index < -0.39 is 5.41 Å². The van der Waals surface area contributed by atoms with E-state index >= 15 is 0 Å². The molecule has 3 heterocycles. The van der Waals surface area contributed by atoms with E-state index in [2.05, 4.69) is 27.6 Å². The largest absolute Gasteiger partial charge is 0.352 e. The zero-order chi connectivity index (χ0) is 17.3. The fourth-order valence-corrected chi connectivity index (χ4v) is 3.85. The molecule has 0 atom stereocenters. The second kappa shape index (κ2) is 6.27. The Morgan fingerprint density at radius 3 is 2.56 bits per heavy atom. The molecule has 1 N–H and O–H groups in total. The molecule has 1 fully saturated rings. The van der Waals surface area contributed by atoms with Gasteiger partial charge in [-0.25, -0.2) is 0 Å². The third kappa shape index (κ3) is 2.88. The monoisotopic (exact) mass is 336 g/mol. The van der Waals surface area contributed by atoms with Crippen molar-refractivity contribution in [1.29, 1.82) is 0 Å². The summed E-state index contributed by atoms with van der Waals surface area (Å²) in [5.41, 5.74) is 2.55. The van der Waals surface area contributed by atoms with Crippen molar-refractivity contribution in [3.63, 3.8) is 0 Å². The lowest BCUT2D eigenvalue weighted by molar-refractivity contribution is -0.133. The number of nitrogens with zero attached hydrogens (tertiary/aromatic N) is 3. The maximum Gasteiger partial charge on any atom is 0.255 e. The van der Waals surface area contributed by atoms with E-state index in [1.165, 1.54) is 23.5 Å². The first-order valence-corrected chi connectivity index (χ1v) is 8.59. The molecule has 0 bridgehead atoms. The van der Waals surface area contributed by atoms with Crippen LogP contribution in [0.4, 0.5) is 0 Å². The SMILES string of the molecule is O=C(c1ccnnc1)N1CCC2(CC1)Cc1ccccc1CNC2=O. The van der Waals surface area contributed by atoms with Gasteiger partial charge in [0.2, 0.25) is 5.91 Å². The first-order valence-electron chi connectivity index (χ1n) is 8.59. The van der Waals surface area contributed by atoms with E-state index in [-0.39, 0.29) is 11.8 Å². The first-order chi connectivity index (χ1) is 12.2. The molecule has 2 aliphatic rings. The lowest BCUT2D eigenvalue weighted by Gasteiger charge is -2.40. The van der Waals surface area contributed by atoms with Gasteiger partial charge >= 0.3 is 0 Å². The molecule has 25 heavy (non-hydrogen) atoms. The standard InChI is InChI=1S/C19H20N4O2/c24-17(16-5-8-21-22-13-16)23-9-6-19(7-10-23)11-14-3-1-2-4-15(14)12-20-18(19)25/h1-5,8,13H,6-7,9-12H2,(H,20,25). The van der Waals surface area contributed by atoms with Gasteiger partial charge in [0.05, 0.1) is 23.4 Å². The molecule has 0 unspecified atom stereocenters. The van der Waals surface area contributed by atoms with Crippen molar-refractivity contribution in [3.8, 4) is 0 Å². The second-order valence-corrected chi connectivity index (χ2v) is 6.83. The molecule has 6 heteroatoms. The summed E-state index contributed by atoms with van der Waals surface area (Å²) in [5, 5.41) is 10.6. The Kier molecular flexibility index (Phi) is 3.95. The fourth-order valence-electron chi connectivity index (χ4n) is 3.85. The Hall–Kier alpha value is -2.76. The third-order valence-electron chi connectivity index (χ3n) is 5.41. The second-order valence-electron chi connectivity index (χ2n) is 6.83. The molecule has 4 rings (SSSR count). The van der Waals surface area contributed by atoms with E-state index in [0.717, 1.165) is 6.42 Å².